The first kappa shape index (κ1) is 37.1. The molecule has 1 aromatic carbocycles. The highest BCUT2D eigenvalue weighted by atomic mass is 16.3. The fourth-order valence-electron chi connectivity index (χ4n) is 8.81. The molecule has 3 aliphatic rings. The lowest BCUT2D eigenvalue weighted by Crippen LogP contribution is -2.59. The van der Waals surface area contributed by atoms with Crippen molar-refractivity contribution in [3.05, 3.63) is 88.6 Å². The van der Waals surface area contributed by atoms with Gasteiger partial charge in [0.15, 0.2) is 5.78 Å². The Kier molecular flexibility index (Phi) is 12.3. The summed E-state index contributed by atoms with van der Waals surface area (Å²) in [6.45, 7) is 11.8. The van der Waals surface area contributed by atoms with E-state index in [1.54, 1.807) is 24.3 Å². The summed E-state index contributed by atoms with van der Waals surface area (Å²) in [4.78, 5) is 13.7. The number of hydrogen-bond acceptors (Lipinski definition) is 6. The van der Waals surface area contributed by atoms with E-state index in [1.165, 1.54) is 5.57 Å². The first-order chi connectivity index (χ1) is 22.2. The number of Topliss-reactive ketones (excluding diaryl/α,β-unsaturated/α-hetero) is 1. The van der Waals surface area contributed by atoms with E-state index in [0.29, 0.717) is 44.1 Å². The summed E-state index contributed by atoms with van der Waals surface area (Å²) in [6, 6.07) is 6.68. The molecule has 4 rings (SSSR count). The number of rotatable bonds is 13. The molecule has 0 amide bonds. The van der Waals surface area contributed by atoms with Crippen LogP contribution in [0.3, 0.4) is 0 Å². The van der Waals surface area contributed by atoms with Gasteiger partial charge >= 0.3 is 0 Å². The number of phenols is 1. The molecule has 258 valence electrons. The van der Waals surface area contributed by atoms with Crippen LogP contribution in [0.15, 0.2) is 83.0 Å². The molecule has 0 aromatic heterocycles. The van der Waals surface area contributed by atoms with Crippen LogP contribution in [0.4, 0.5) is 0 Å². The minimum absolute atomic E-state index is 0.0121. The average molecular weight is 647 g/mol. The van der Waals surface area contributed by atoms with Crippen molar-refractivity contribution in [1.82, 2.24) is 0 Å². The summed E-state index contributed by atoms with van der Waals surface area (Å²) >= 11 is 0. The summed E-state index contributed by atoms with van der Waals surface area (Å²) in [7, 11) is 0. The molecule has 0 unspecified atom stereocenters. The summed E-state index contributed by atoms with van der Waals surface area (Å²) in [5.74, 6) is -0.509. The Morgan fingerprint density at radius 1 is 1.04 bits per heavy atom. The molecule has 5 atom stereocenters. The number of aliphatic hydroxyl groups excluding tert-OH is 2. The van der Waals surface area contributed by atoms with E-state index >= 15 is 0 Å². The van der Waals surface area contributed by atoms with Gasteiger partial charge in [0.05, 0.1) is 23.9 Å². The van der Waals surface area contributed by atoms with E-state index in [2.05, 4.69) is 26.5 Å². The van der Waals surface area contributed by atoms with Crippen LogP contribution in [0.25, 0.3) is 0 Å². The topological polar surface area (TPSA) is 118 Å². The SMILES string of the molecule is C=C(/C=C/C=C(/CO)[C@H]1CC[C@@]2([C@H](CCC3(O)CCCC3)/C(=C(\C)C(=O)Cc3ccc(O)cc3)CC[C@@]2(C)O)[C@@H]1O)CCC=C(C)C. The zero-order valence-electron chi connectivity index (χ0n) is 29.1. The number of carbonyl (C=O) groups excluding carboxylic acids is 1. The summed E-state index contributed by atoms with van der Waals surface area (Å²) < 4.78 is 0. The van der Waals surface area contributed by atoms with Gasteiger partial charge in [0.2, 0.25) is 0 Å². The minimum Gasteiger partial charge on any atom is -0.508 e. The lowest BCUT2D eigenvalue weighted by atomic mass is 9.52. The highest BCUT2D eigenvalue weighted by Gasteiger charge is 2.64. The lowest BCUT2D eigenvalue weighted by Gasteiger charge is -2.56. The van der Waals surface area contributed by atoms with Gasteiger partial charge in [-0.1, -0.05) is 72.6 Å². The first-order valence-electron chi connectivity index (χ1n) is 17.7. The maximum absolute atomic E-state index is 13.7. The highest BCUT2D eigenvalue weighted by molar-refractivity contribution is 5.97. The van der Waals surface area contributed by atoms with E-state index in [9.17, 15) is 30.3 Å². The summed E-state index contributed by atoms with van der Waals surface area (Å²) in [5.41, 5.74) is 2.53. The van der Waals surface area contributed by atoms with Crippen molar-refractivity contribution in [2.75, 3.05) is 6.61 Å². The second-order valence-electron chi connectivity index (χ2n) is 15.1. The maximum atomic E-state index is 13.7. The number of aliphatic hydroxyl groups is 4. The van der Waals surface area contributed by atoms with Crippen LogP contribution in [0.5, 0.6) is 5.75 Å². The minimum atomic E-state index is -1.20. The molecule has 6 nitrogen and oxygen atoms in total. The largest absolute Gasteiger partial charge is 0.508 e. The Morgan fingerprint density at radius 3 is 2.36 bits per heavy atom. The van der Waals surface area contributed by atoms with Crippen LogP contribution in [-0.2, 0) is 11.2 Å². The third kappa shape index (κ3) is 8.45. The molecule has 0 heterocycles. The predicted octanol–water partition coefficient (Wildman–Crippen LogP) is 7.60. The molecule has 0 aliphatic heterocycles. The molecule has 0 bridgehead atoms. The van der Waals surface area contributed by atoms with Crippen LogP contribution in [0, 0.1) is 17.3 Å². The van der Waals surface area contributed by atoms with Crippen molar-refractivity contribution in [1.29, 1.82) is 0 Å². The molecular formula is C41H58O6. The Bertz CT molecular complexity index is 1380. The van der Waals surface area contributed by atoms with Gasteiger partial charge in [0.25, 0.3) is 0 Å². The number of carbonyl (C=O) groups is 1. The van der Waals surface area contributed by atoms with Crippen molar-refractivity contribution < 1.29 is 30.3 Å². The third-order valence-corrected chi connectivity index (χ3v) is 11.7. The Labute approximate surface area is 282 Å². The van der Waals surface area contributed by atoms with Gasteiger partial charge in [0.1, 0.15) is 5.75 Å². The first-order valence-corrected chi connectivity index (χ1v) is 17.7. The van der Waals surface area contributed by atoms with Crippen molar-refractivity contribution >= 4 is 5.78 Å². The molecule has 47 heavy (non-hydrogen) atoms. The monoisotopic (exact) mass is 646 g/mol. The van der Waals surface area contributed by atoms with Gasteiger partial charge in [-0.15, -0.1) is 0 Å². The van der Waals surface area contributed by atoms with Gasteiger partial charge in [-0.05, 0) is 127 Å². The van der Waals surface area contributed by atoms with E-state index in [-0.39, 0.29) is 36.4 Å². The maximum Gasteiger partial charge on any atom is 0.162 e. The van der Waals surface area contributed by atoms with E-state index < -0.39 is 22.7 Å². The van der Waals surface area contributed by atoms with Gasteiger partial charge in [-0.25, -0.2) is 0 Å². The standard InChI is InChI=1S/C41H58O6/c1-28(2)10-8-11-29(3)12-9-13-32(27-42)35-19-25-41(38(35)45)36(20-24-40(47)21-6-7-22-40)34(18-23-39(41,5)46)30(4)37(44)26-31-14-16-33(43)17-15-31/h9-10,12-17,35-36,38,42-43,45-47H,3,6-8,11,18-27H2,1-2,4-5H3/b12-9+,32-13-,34-30+/t35-,36-,38-,39-,41-/m1/s1. The molecule has 3 saturated carbocycles. The fourth-order valence-corrected chi connectivity index (χ4v) is 8.81. The smallest absolute Gasteiger partial charge is 0.162 e. The van der Waals surface area contributed by atoms with Crippen LogP contribution in [0.2, 0.25) is 0 Å². The molecule has 3 fully saturated rings. The number of benzene rings is 1. The van der Waals surface area contributed by atoms with Crippen LogP contribution in [-0.4, -0.2) is 55.2 Å². The molecular weight excluding hydrogens is 588 g/mol. The lowest BCUT2D eigenvalue weighted by molar-refractivity contribution is -0.169. The number of aromatic hydroxyl groups is 1. The molecule has 3 aliphatic carbocycles. The summed E-state index contributed by atoms with van der Waals surface area (Å²) in [5, 5.41) is 56.2. The van der Waals surface area contributed by atoms with E-state index in [0.717, 1.165) is 60.8 Å². The molecule has 0 saturated heterocycles. The average Bonchev–Trinajstić information content (AvgIpc) is 3.61. The summed E-state index contributed by atoms with van der Waals surface area (Å²) in [6.07, 6.45) is 15.7. The van der Waals surface area contributed by atoms with Crippen LogP contribution in [0.1, 0.15) is 110 Å². The van der Waals surface area contributed by atoms with Crippen molar-refractivity contribution in [2.24, 2.45) is 17.3 Å². The fraction of sp³-hybridized carbons (Fsp3) is 0.585. The van der Waals surface area contributed by atoms with Crippen LogP contribution >= 0.6 is 0 Å². The van der Waals surface area contributed by atoms with Crippen molar-refractivity contribution in [2.45, 2.75) is 128 Å². The Hall–Kier alpha value is -2.77. The van der Waals surface area contributed by atoms with Gasteiger partial charge in [-0.2, -0.15) is 0 Å². The second kappa shape index (κ2) is 15.6. The van der Waals surface area contributed by atoms with Crippen molar-refractivity contribution in [3.63, 3.8) is 0 Å². The van der Waals surface area contributed by atoms with Crippen LogP contribution < -0.4 is 0 Å². The number of ketones is 1. The number of allylic oxidation sites excluding steroid dienone is 8. The molecule has 1 spiro atoms. The quantitative estimate of drug-likeness (QED) is 0.0856. The highest BCUT2D eigenvalue weighted by Crippen LogP contribution is 2.63. The molecule has 1 aromatic rings. The van der Waals surface area contributed by atoms with Gasteiger partial charge in [-0.3, -0.25) is 4.79 Å². The molecule has 5 N–H and O–H groups in total. The normalized spacial score (nSPS) is 30.2. The number of hydrogen-bond donors (Lipinski definition) is 5. The number of phenolic OH excluding ortho intramolecular Hbond substituents is 1. The van der Waals surface area contributed by atoms with Crippen molar-refractivity contribution in [3.8, 4) is 5.75 Å². The van der Waals surface area contributed by atoms with E-state index in [1.807, 2.05) is 32.1 Å². The zero-order valence-corrected chi connectivity index (χ0v) is 29.1. The Balaban J connectivity index is 1.67. The second-order valence-corrected chi connectivity index (χ2v) is 15.1. The zero-order chi connectivity index (χ0) is 34.4. The Morgan fingerprint density at radius 2 is 1.72 bits per heavy atom. The predicted molar refractivity (Wildman–Crippen MR) is 189 cm³/mol. The molecule has 0 radical (unpaired) electrons. The van der Waals surface area contributed by atoms with Gasteiger partial charge in [0, 0.05) is 17.8 Å². The van der Waals surface area contributed by atoms with E-state index in [4.69, 9.17) is 0 Å². The molecule has 6 heteroatoms. The third-order valence-electron chi connectivity index (χ3n) is 11.7. The van der Waals surface area contributed by atoms with Gasteiger partial charge < -0.3 is 25.5 Å².